The lowest BCUT2D eigenvalue weighted by Crippen LogP contribution is -2.34. The van der Waals surface area contributed by atoms with Gasteiger partial charge in [-0.05, 0) is 68.6 Å². The molecule has 0 bridgehead atoms. The number of rotatable bonds is 11. The third-order valence-corrected chi connectivity index (χ3v) is 6.14. The van der Waals surface area contributed by atoms with Crippen LogP contribution in [0.25, 0.3) is 11.0 Å². The van der Waals surface area contributed by atoms with Gasteiger partial charge in [0.15, 0.2) is 0 Å². The van der Waals surface area contributed by atoms with E-state index in [0.29, 0.717) is 24.7 Å². The largest absolute Gasteiger partial charge is 0.331 e. The Kier molecular flexibility index (Phi) is 8.84. The Bertz CT molecular complexity index is 1100. The Labute approximate surface area is 203 Å². The van der Waals surface area contributed by atoms with Gasteiger partial charge in [0.25, 0.3) is 5.91 Å². The normalized spacial score (nSPS) is 11.8. The van der Waals surface area contributed by atoms with Gasteiger partial charge in [0.05, 0.1) is 17.6 Å². The molecule has 2 aromatic carbocycles. The fourth-order valence-electron chi connectivity index (χ4n) is 4.45. The second kappa shape index (κ2) is 11.6. The molecule has 0 unspecified atom stereocenters. The highest BCUT2D eigenvalue weighted by Gasteiger charge is 2.21. The van der Waals surface area contributed by atoms with Gasteiger partial charge >= 0.3 is 0 Å². The first kappa shape index (κ1) is 25.9. The molecule has 0 fully saturated rings. The van der Waals surface area contributed by atoms with Crippen LogP contribution >= 0.6 is 0 Å². The van der Waals surface area contributed by atoms with Gasteiger partial charge in [-0.15, -0.1) is 0 Å². The second-order valence-electron chi connectivity index (χ2n) is 9.75. The van der Waals surface area contributed by atoms with Crippen LogP contribution in [0.5, 0.6) is 0 Å². The van der Waals surface area contributed by atoms with Gasteiger partial charge in [-0.1, -0.05) is 39.8 Å². The van der Waals surface area contributed by atoms with Gasteiger partial charge in [0.2, 0.25) is 0 Å². The van der Waals surface area contributed by atoms with Crippen LogP contribution in [-0.2, 0) is 19.6 Å². The van der Waals surface area contributed by atoms with Crippen molar-refractivity contribution in [1.82, 2.24) is 19.4 Å². The molecule has 0 N–H and O–H groups in total. The average Bonchev–Trinajstić information content (AvgIpc) is 3.12. The summed E-state index contributed by atoms with van der Waals surface area (Å²) in [5.74, 6) is 0.586. The first-order chi connectivity index (χ1) is 16.2. The summed E-state index contributed by atoms with van der Waals surface area (Å²) in [4.78, 5) is 22.5. The van der Waals surface area contributed by atoms with Gasteiger partial charge in [-0.3, -0.25) is 9.69 Å². The smallest absolute Gasteiger partial charge is 0.254 e. The summed E-state index contributed by atoms with van der Waals surface area (Å²) in [5.41, 5.74) is 3.67. The minimum atomic E-state index is -0.399. The van der Waals surface area contributed by atoms with E-state index in [-0.39, 0.29) is 11.8 Å². The van der Waals surface area contributed by atoms with E-state index in [4.69, 9.17) is 4.98 Å². The molecule has 34 heavy (non-hydrogen) atoms. The zero-order valence-corrected chi connectivity index (χ0v) is 21.5. The van der Waals surface area contributed by atoms with Gasteiger partial charge in [0, 0.05) is 31.2 Å². The first-order valence-electron chi connectivity index (χ1n) is 12.5. The van der Waals surface area contributed by atoms with E-state index in [2.05, 4.69) is 69.2 Å². The average molecular weight is 467 g/mol. The number of nitrogens with zero attached hydrogens (tertiary/aromatic N) is 4. The molecule has 1 aromatic heterocycles. The predicted molar refractivity (Wildman–Crippen MR) is 137 cm³/mol. The number of amides is 1. The van der Waals surface area contributed by atoms with Crippen LogP contribution < -0.4 is 0 Å². The zero-order valence-electron chi connectivity index (χ0n) is 21.5. The first-order valence-corrected chi connectivity index (χ1v) is 12.5. The summed E-state index contributed by atoms with van der Waals surface area (Å²) in [6.45, 7) is 16.6. The molecule has 184 valence electrons. The molecule has 0 atom stereocenters. The fraction of sp³-hybridized carbons (Fsp3) is 0.500. The van der Waals surface area contributed by atoms with E-state index in [1.54, 1.807) is 17.0 Å². The topological polar surface area (TPSA) is 41.4 Å². The third kappa shape index (κ3) is 6.23. The summed E-state index contributed by atoms with van der Waals surface area (Å²) in [6, 6.07) is 12.9. The monoisotopic (exact) mass is 466 g/mol. The number of carbonyl (C=O) groups excluding carboxylic acids is 1. The second-order valence-corrected chi connectivity index (χ2v) is 9.75. The van der Waals surface area contributed by atoms with Crippen molar-refractivity contribution >= 4 is 16.9 Å². The summed E-state index contributed by atoms with van der Waals surface area (Å²) in [6.07, 6.45) is 0.971. The minimum absolute atomic E-state index is 0.167. The van der Waals surface area contributed by atoms with Crippen molar-refractivity contribution in [2.75, 3.05) is 13.1 Å². The van der Waals surface area contributed by atoms with Crippen LogP contribution in [-0.4, -0.2) is 44.4 Å². The number of hydrogen-bond donors (Lipinski definition) is 0. The van der Waals surface area contributed by atoms with E-state index in [0.717, 1.165) is 42.9 Å². The Morgan fingerprint density at radius 2 is 1.82 bits per heavy atom. The molecule has 1 heterocycles. The number of aryl methyl sites for hydroxylation is 1. The highest BCUT2D eigenvalue weighted by atomic mass is 19.1. The fourth-order valence-corrected chi connectivity index (χ4v) is 4.45. The Morgan fingerprint density at radius 3 is 2.44 bits per heavy atom. The van der Waals surface area contributed by atoms with E-state index in [1.807, 2.05) is 0 Å². The number of halogens is 1. The number of hydrogen-bond acceptors (Lipinski definition) is 3. The Morgan fingerprint density at radius 1 is 1.06 bits per heavy atom. The lowest BCUT2D eigenvalue weighted by molar-refractivity contribution is 0.0715. The standard InChI is InChI=1S/C28H39FN4O/c1-7-14-33-26-13-12-22(18-31(8-2)21(5)6)15-25(26)30-27(33)19-32(17-20(3)4)28(34)23-10-9-11-24(29)16-23/h9-13,15-16,20-21H,7-8,14,17-19H2,1-6H3. The molecule has 6 heteroatoms. The summed E-state index contributed by atoms with van der Waals surface area (Å²) in [5, 5.41) is 0. The number of imidazole rings is 1. The van der Waals surface area contributed by atoms with Crippen molar-refractivity contribution in [3.63, 3.8) is 0 Å². The maximum atomic E-state index is 13.8. The zero-order chi connectivity index (χ0) is 24.8. The molecular formula is C28H39FN4O. The van der Waals surface area contributed by atoms with Crippen molar-refractivity contribution < 1.29 is 9.18 Å². The number of fused-ring (bicyclic) bond motifs is 1. The van der Waals surface area contributed by atoms with Crippen LogP contribution in [0.2, 0.25) is 0 Å². The molecule has 5 nitrogen and oxygen atoms in total. The van der Waals surface area contributed by atoms with Crippen molar-refractivity contribution in [1.29, 1.82) is 0 Å². The maximum Gasteiger partial charge on any atom is 0.254 e. The van der Waals surface area contributed by atoms with Crippen LogP contribution in [0.3, 0.4) is 0 Å². The molecule has 3 aromatic rings. The molecule has 0 saturated carbocycles. The highest BCUT2D eigenvalue weighted by molar-refractivity contribution is 5.94. The summed E-state index contributed by atoms with van der Waals surface area (Å²) < 4.78 is 16.0. The van der Waals surface area contributed by atoms with Crippen molar-refractivity contribution in [3.8, 4) is 0 Å². The van der Waals surface area contributed by atoms with Gasteiger partial charge in [0.1, 0.15) is 11.6 Å². The number of aromatic nitrogens is 2. The molecule has 0 aliphatic heterocycles. The molecule has 0 aliphatic carbocycles. The predicted octanol–water partition coefficient (Wildman–Crippen LogP) is 6.11. The Hall–Kier alpha value is -2.73. The quantitative estimate of drug-likeness (QED) is 0.342. The molecule has 3 rings (SSSR count). The highest BCUT2D eigenvalue weighted by Crippen LogP contribution is 2.22. The molecule has 1 amide bonds. The van der Waals surface area contributed by atoms with Crippen LogP contribution in [0, 0.1) is 11.7 Å². The SMILES string of the molecule is CCCn1c(CN(CC(C)C)C(=O)c2cccc(F)c2)nc2cc(CN(CC)C(C)C)ccc21. The lowest BCUT2D eigenvalue weighted by Gasteiger charge is -2.25. The van der Waals surface area contributed by atoms with Gasteiger partial charge in [-0.2, -0.15) is 0 Å². The molecule has 0 saturated heterocycles. The molecular weight excluding hydrogens is 427 g/mol. The molecule has 0 spiro atoms. The maximum absolute atomic E-state index is 13.8. The van der Waals surface area contributed by atoms with Crippen molar-refractivity contribution in [2.24, 2.45) is 5.92 Å². The van der Waals surface area contributed by atoms with E-state index in [1.165, 1.54) is 17.7 Å². The minimum Gasteiger partial charge on any atom is -0.331 e. The van der Waals surface area contributed by atoms with Crippen LogP contribution in [0.15, 0.2) is 42.5 Å². The van der Waals surface area contributed by atoms with Crippen LogP contribution in [0.1, 0.15) is 69.7 Å². The Balaban J connectivity index is 1.96. The summed E-state index contributed by atoms with van der Waals surface area (Å²) in [7, 11) is 0. The number of carbonyl (C=O) groups is 1. The van der Waals surface area contributed by atoms with Crippen molar-refractivity contribution in [3.05, 3.63) is 65.2 Å². The van der Waals surface area contributed by atoms with Crippen molar-refractivity contribution in [2.45, 2.75) is 73.6 Å². The lowest BCUT2D eigenvalue weighted by atomic mass is 10.1. The number of benzene rings is 2. The van der Waals surface area contributed by atoms with E-state index < -0.39 is 5.82 Å². The third-order valence-electron chi connectivity index (χ3n) is 6.14. The van der Waals surface area contributed by atoms with Gasteiger partial charge in [-0.25, -0.2) is 9.37 Å². The van der Waals surface area contributed by atoms with E-state index in [9.17, 15) is 9.18 Å². The van der Waals surface area contributed by atoms with E-state index >= 15 is 0 Å². The molecule has 0 radical (unpaired) electrons. The van der Waals surface area contributed by atoms with Crippen LogP contribution in [0.4, 0.5) is 4.39 Å². The summed E-state index contributed by atoms with van der Waals surface area (Å²) >= 11 is 0. The van der Waals surface area contributed by atoms with Gasteiger partial charge < -0.3 is 9.47 Å². The molecule has 0 aliphatic rings.